The molecule has 1 amide bonds. The quantitative estimate of drug-likeness (QED) is 0.914. The van der Waals surface area contributed by atoms with Crippen LogP contribution >= 0.6 is 15.9 Å². The molecule has 0 saturated heterocycles. The molecule has 7 heteroatoms. The van der Waals surface area contributed by atoms with E-state index in [-0.39, 0.29) is 15.9 Å². The first-order valence-electron chi connectivity index (χ1n) is 5.92. The van der Waals surface area contributed by atoms with Crippen LogP contribution in [0.25, 0.3) is 0 Å². The third kappa shape index (κ3) is 3.22. The van der Waals surface area contributed by atoms with Crippen LogP contribution in [0.5, 0.6) is 0 Å². The van der Waals surface area contributed by atoms with Crippen molar-refractivity contribution in [2.45, 2.75) is 19.8 Å². The molecule has 1 heterocycles. The molecule has 0 aliphatic rings. The molecule has 0 radical (unpaired) electrons. The Bertz CT molecular complexity index is 620. The van der Waals surface area contributed by atoms with Gasteiger partial charge in [-0.3, -0.25) is 4.79 Å². The molecular weight excluding hydrogens is 334 g/mol. The van der Waals surface area contributed by atoms with Gasteiger partial charge in [0.1, 0.15) is 11.6 Å². The fourth-order valence-electron chi connectivity index (χ4n) is 1.62. The zero-order valence-electron chi connectivity index (χ0n) is 10.5. The number of halogens is 3. The number of benzene rings is 1. The van der Waals surface area contributed by atoms with Crippen LogP contribution in [0.1, 0.15) is 29.6 Å². The van der Waals surface area contributed by atoms with Gasteiger partial charge in [0, 0.05) is 23.0 Å². The highest BCUT2D eigenvalue weighted by Crippen LogP contribution is 2.27. The Morgan fingerprint density at radius 1 is 1.40 bits per heavy atom. The average Bonchev–Trinajstić information content (AvgIpc) is 2.82. The SMILES string of the molecule is CCCc1cc(C(=O)Nc2c(F)cc(F)cc2Br)no1. The summed E-state index contributed by atoms with van der Waals surface area (Å²) in [6.07, 6.45) is 1.52. The molecule has 0 bridgehead atoms. The minimum absolute atomic E-state index is 0.0454. The second kappa shape index (κ2) is 6.13. The number of carbonyl (C=O) groups excluding carboxylic acids is 1. The van der Waals surface area contributed by atoms with Crippen molar-refractivity contribution >= 4 is 27.5 Å². The van der Waals surface area contributed by atoms with Crippen molar-refractivity contribution in [1.29, 1.82) is 0 Å². The lowest BCUT2D eigenvalue weighted by Gasteiger charge is -2.07. The summed E-state index contributed by atoms with van der Waals surface area (Å²) in [5.41, 5.74) is -0.0967. The molecule has 0 atom stereocenters. The van der Waals surface area contributed by atoms with Crippen molar-refractivity contribution in [2.75, 3.05) is 5.32 Å². The number of anilines is 1. The number of amides is 1. The number of aromatic nitrogens is 1. The summed E-state index contributed by atoms with van der Waals surface area (Å²) in [5, 5.41) is 5.94. The maximum Gasteiger partial charge on any atom is 0.277 e. The highest BCUT2D eigenvalue weighted by molar-refractivity contribution is 9.10. The first-order chi connectivity index (χ1) is 9.51. The number of rotatable bonds is 4. The van der Waals surface area contributed by atoms with E-state index in [1.54, 1.807) is 0 Å². The smallest absolute Gasteiger partial charge is 0.277 e. The first kappa shape index (κ1) is 14.6. The lowest BCUT2D eigenvalue weighted by atomic mass is 10.2. The highest BCUT2D eigenvalue weighted by atomic mass is 79.9. The molecular formula is C13H11BrF2N2O2. The largest absolute Gasteiger partial charge is 0.361 e. The number of hydrogen-bond donors (Lipinski definition) is 1. The molecule has 0 aliphatic carbocycles. The van der Waals surface area contributed by atoms with Gasteiger partial charge in [-0.25, -0.2) is 8.78 Å². The summed E-state index contributed by atoms with van der Waals surface area (Å²) in [7, 11) is 0. The molecule has 2 rings (SSSR count). The van der Waals surface area contributed by atoms with E-state index in [1.165, 1.54) is 6.07 Å². The summed E-state index contributed by atoms with van der Waals surface area (Å²) in [6.45, 7) is 1.97. The molecule has 0 unspecified atom stereocenters. The number of hydrogen-bond acceptors (Lipinski definition) is 3. The third-order valence-electron chi connectivity index (χ3n) is 2.53. The van der Waals surface area contributed by atoms with E-state index in [9.17, 15) is 13.6 Å². The Labute approximate surface area is 122 Å². The fraction of sp³-hybridized carbons (Fsp3) is 0.231. The van der Waals surface area contributed by atoms with E-state index in [0.29, 0.717) is 18.2 Å². The maximum absolute atomic E-state index is 13.6. The number of nitrogens with zero attached hydrogens (tertiary/aromatic N) is 1. The first-order valence-corrected chi connectivity index (χ1v) is 6.72. The van der Waals surface area contributed by atoms with Gasteiger partial charge in [-0.2, -0.15) is 0 Å². The predicted octanol–water partition coefficient (Wildman–Crippen LogP) is 3.92. The van der Waals surface area contributed by atoms with Gasteiger partial charge in [-0.05, 0) is 28.4 Å². The van der Waals surface area contributed by atoms with Crippen LogP contribution in [-0.4, -0.2) is 11.1 Å². The fourth-order valence-corrected chi connectivity index (χ4v) is 2.13. The predicted molar refractivity (Wildman–Crippen MR) is 72.5 cm³/mol. The zero-order chi connectivity index (χ0) is 14.7. The average molecular weight is 345 g/mol. The lowest BCUT2D eigenvalue weighted by Crippen LogP contribution is -2.14. The van der Waals surface area contributed by atoms with Crippen molar-refractivity contribution in [2.24, 2.45) is 0 Å². The zero-order valence-corrected chi connectivity index (χ0v) is 12.1. The molecule has 1 aromatic heterocycles. The van der Waals surface area contributed by atoms with Crippen LogP contribution in [0.4, 0.5) is 14.5 Å². The number of nitrogens with one attached hydrogen (secondary N) is 1. The number of aryl methyl sites for hydroxylation is 1. The van der Waals surface area contributed by atoms with Gasteiger partial charge in [-0.1, -0.05) is 12.1 Å². The Kier molecular flexibility index (Phi) is 4.49. The summed E-state index contributed by atoms with van der Waals surface area (Å²) >= 11 is 2.99. The molecule has 0 aliphatic heterocycles. The van der Waals surface area contributed by atoms with Crippen molar-refractivity contribution in [3.63, 3.8) is 0 Å². The molecule has 1 aromatic carbocycles. The van der Waals surface area contributed by atoms with E-state index in [2.05, 4.69) is 26.4 Å². The minimum Gasteiger partial charge on any atom is -0.361 e. The van der Waals surface area contributed by atoms with Crippen LogP contribution < -0.4 is 5.32 Å². The van der Waals surface area contributed by atoms with Gasteiger partial charge in [0.05, 0.1) is 5.69 Å². The second-order valence-electron chi connectivity index (χ2n) is 4.13. The summed E-state index contributed by atoms with van der Waals surface area (Å²) < 4.78 is 31.6. The van der Waals surface area contributed by atoms with Crippen LogP contribution in [0.3, 0.4) is 0 Å². The maximum atomic E-state index is 13.6. The normalized spacial score (nSPS) is 10.6. The molecule has 0 saturated carbocycles. The van der Waals surface area contributed by atoms with Gasteiger partial charge in [0.15, 0.2) is 11.5 Å². The Morgan fingerprint density at radius 2 is 2.15 bits per heavy atom. The van der Waals surface area contributed by atoms with Crippen LogP contribution in [0.2, 0.25) is 0 Å². The van der Waals surface area contributed by atoms with E-state index in [4.69, 9.17) is 4.52 Å². The second-order valence-corrected chi connectivity index (χ2v) is 4.98. The standard InChI is InChI=1S/C13H11BrF2N2O2/c1-2-3-8-6-11(18-20-8)13(19)17-12-9(14)4-7(15)5-10(12)16/h4-6H,2-3H2,1H3,(H,17,19). The summed E-state index contributed by atoms with van der Waals surface area (Å²) in [4.78, 5) is 11.9. The van der Waals surface area contributed by atoms with E-state index in [0.717, 1.165) is 12.5 Å². The highest BCUT2D eigenvalue weighted by Gasteiger charge is 2.17. The molecule has 0 spiro atoms. The number of carbonyl (C=O) groups is 1. The molecule has 20 heavy (non-hydrogen) atoms. The molecule has 106 valence electrons. The topological polar surface area (TPSA) is 55.1 Å². The Balaban J connectivity index is 2.19. The van der Waals surface area contributed by atoms with E-state index in [1.807, 2.05) is 6.92 Å². The van der Waals surface area contributed by atoms with Gasteiger partial charge >= 0.3 is 0 Å². The van der Waals surface area contributed by atoms with Crippen LogP contribution in [-0.2, 0) is 6.42 Å². The molecule has 2 aromatic rings. The summed E-state index contributed by atoms with van der Waals surface area (Å²) in [6, 6.07) is 3.24. The van der Waals surface area contributed by atoms with E-state index < -0.39 is 17.5 Å². The van der Waals surface area contributed by atoms with Crippen molar-refractivity contribution in [3.05, 3.63) is 45.8 Å². The van der Waals surface area contributed by atoms with Gasteiger partial charge in [0.2, 0.25) is 0 Å². The monoisotopic (exact) mass is 344 g/mol. The minimum atomic E-state index is -0.873. The Hall–Kier alpha value is -1.76. The Morgan fingerprint density at radius 3 is 2.80 bits per heavy atom. The van der Waals surface area contributed by atoms with Gasteiger partial charge < -0.3 is 9.84 Å². The van der Waals surface area contributed by atoms with Crippen LogP contribution in [0, 0.1) is 11.6 Å². The van der Waals surface area contributed by atoms with Gasteiger partial charge in [0.25, 0.3) is 5.91 Å². The van der Waals surface area contributed by atoms with E-state index >= 15 is 0 Å². The summed E-state index contributed by atoms with van der Waals surface area (Å²) in [5.74, 6) is -1.65. The molecule has 0 fully saturated rings. The lowest BCUT2D eigenvalue weighted by molar-refractivity contribution is 0.101. The van der Waals surface area contributed by atoms with Gasteiger partial charge in [-0.15, -0.1) is 0 Å². The molecule has 4 nitrogen and oxygen atoms in total. The van der Waals surface area contributed by atoms with Crippen molar-refractivity contribution in [1.82, 2.24) is 5.16 Å². The van der Waals surface area contributed by atoms with Crippen LogP contribution in [0.15, 0.2) is 27.2 Å². The van der Waals surface area contributed by atoms with Crippen molar-refractivity contribution in [3.8, 4) is 0 Å². The molecule has 1 N–H and O–H groups in total. The third-order valence-corrected chi connectivity index (χ3v) is 3.16. The van der Waals surface area contributed by atoms with Crippen molar-refractivity contribution < 1.29 is 18.1 Å².